The molecule has 3 heterocycles. The summed E-state index contributed by atoms with van der Waals surface area (Å²) < 4.78 is 0.764. The molecule has 0 aliphatic heterocycles. The topological polar surface area (TPSA) is 80.2 Å². The molecule has 21 heavy (non-hydrogen) atoms. The molecule has 0 saturated carbocycles. The number of aromatic nitrogens is 6. The molecule has 0 aliphatic rings. The number of hydrogen-bond acceptors (Lipinski definition) is 6. The number of H-pyrrole nitrogens is 1. The van der Waals surface area contributed by atoms with Gasteiger partial charge in [0, 0.05) is 11.5 Å². The van der Waals surface area contributed by atoms with Gasteiger partial charge in [-0.05, 0) is 27.7 Å². The highest BCUT2D eigenvalue weighted by molar-refractivity contribution is 9.10. The van der Waals surface area contributed by atoms with Crippen molar-refractivity contribution in [1.82, 2.24) is 29.9 Å². The van der Waals surface area contributed by atoms with E-state index < -0.39 is 0 Å². The highest BCUT2D eigenvalue weighted by atomic mass is 79.9. The average Bonchev–Trinajstić information content (AvgIpc) is 2.86. The lowest BCUT2D eigenvalue weighted by Gasteiger charge is -2.17. The Morgan fingerprint density at radius 1 is 1.14 bits per heavy atom. The van der Waals surface area contributed by atoms with Crippen molar-refractivity contribution < 1.29 is 0 Å². The summed E-state index contributed by atoms with van der Waals surface area (Å²) >= 11 is 4.91. The molecule has 0 unspecified atom stereocenters. The molecule has 0 saturated heterocycles. The zero-order chi connectivity index (χ0) is 15.0. The maximum Gasteiger partial charge on any atom is 0.181 e. The lowest BCUT2D eigenvalue weighted by Crippen LogP contribution is -2.16. The van der Waals surface area contributed by atoms with Crippen molar-refractivity contribution >= 4 is 38.9 Å². The molecular formula is C13H13BrN6S. The Morgan fingerprint density at radius 2 is 1.95 bits per heavy atom. The molecule has 3 aromatic rings. The average molecular weight is 365 g/mol. The second kappa shape index (κ2) is 5.34. The van der Waals surface area contributed by atoms with E-state index in [0.717, 1.165) is 26.0 Å². The fourth-order valence-corrected chi connectivity index (χ4v) is 3.09. The van der Waals surface area contributed by atoms with E-state index in [1.165, 1.54) is 18.1 Å². The highest BCUT2D eigenvalue weighted by Gasteiger charge is 2.19. The fourth-order valence-electron chi connectivity index (χ4n) is 1.70. The van der Waals surface area contributed by atoms with Gasteiger partial charge in [-0.15, -0.1) is 0 Å². The Hall–Kier alpha value is -1.54. The van der Waals surface area contributed by atoms with E-state index in [-0.39, 0.29) is 5.41 Å². The lowest BCUT2D eigenvalue weighted by atomic mass is 9.96. The smallest absolute Gasteiger partial charge is 0.181 e. The van der Waals surface area contributed by atoms with Gasteiger partial charge in [0.05, 0.1) is 6.33 Å². The summed E-state index contributed by atoms with van der Waals surface area (Å²) in [6.07, 6.45) is 3.12. The molecule has 0 radical (unpaired) electrons. The van der Waals surface area contributed by atoms with Crippen LogP contribution in [0.1, 0.15) is 26.6 Å². The van der Waals surface area contributed by atoms with Crippen molar-refractivity contribution in [3.8, 4) is 0 Å². The van der Waals surface area contributed by atoms with Gasteiger partial charge < -0.3 is 4.98 Å². The minimum absolute atomic E-state index is 0.117. The van der Waals surface area contributed by atoms with E-state index in [1.807, 2.05) is 6.07 Å². The van der Waals surface area contributed by atoms with Crippen LogP contribution in [0.25, 0.3) is 11.2 Å². The van der Waals surface area contributed by atoms with Gasteiger partial charge in [0.15, 0.2) is 5.65 Å². The molecule has 3 rings (SSSR count). The van der Waals surface area contributed by atoms with Crippen molar-refractivity contribution in [1.29, 1.82) is 0 Å². The number of fused-ring (bicyclic) bond motifs is 1. The van der Waals surface area contributed by atoms with Crippen LogP contribution in [0.3, 0.4) is 0 Å². The van der Waals surface area contributed by atoms with Crippen LogP contribution >= 0.6 is 27.7 Å². The first-order valence-electron chi connectivity index (χ1n) is 6.30. The van der Waals surface area contributed by atoms with Gasteiger partial charge >= 0.3 is 0 Å². The second-order valence-electron chi connectivity index (χ2n) is 5.48. The summed E-state index contributed by atoms with van der Waals surface area (Å²) in [7, 11) is 0. The molecule has 0 aromatic carbocycles. The highest BCUT2D eigenvalue weighted by Crippen LogP contribution is 2.31. The van der Waals surface area contributed by atoms with E-state index >= 15 is 0 Å². The Morgan fingerprint density at radius 3 is 2.71 bits per heavy atom. The van der Waals surface area contributed by atoms with Gasteiger partial charge in [-0.3, -0.25) is 0 Å². The van der Waals surface area contributed by atoms with E-state index in [2.05, 4.69) is 66.6 Å². The van der Waals surface area contributed by atoms with Crippen LogP contribution in [-0.4, -0.2) is 29.9 Å². The van der Waals surface area contributed by atoms with Crippen molar-refractivity contribution in [3.63, 3.8) is 0 Å². The Kier molecular flexibility index (Phi) is 3.66. The molecule has 0 aliphatic carbocycles. The summed E-state index contributed by atoms with van der Waals surface area (Å²) in [6.45, 7) is 6.25. The molecule has 0 atom stereocenters. The van der Waals surface area contributed by atoms with Crippen molar-refractivity contribution in [2.75, 3.05) is 0 Å². The monoisotopic (exact) mass is 364 g/mol. The van der Waals surface area contributed by atoms with Crippen molar-refractivity contribution in [2.24, 2.45) is 0 Å². The SMILES string of the molecule is CC(C)(C)c1nc(Br)cc(Sc2ncnc3nc[nH]c23)n1. The number of hydrogen-bond donors (Lipinski definition) is 1. The van der Waals surface area contributed by atoms with Gasteiger partial charge in [-0.25, -0.2) is 24.9 Å². The Balaban J connectivity index is 2.02. The number of halogens is 1. The third-order valence-electron chi connectivity index (χ3n) is 2.73. The quantitative estimate of drug-likeness (QED) is 0.702. The summed E-state index contributed by atoms with van der Waals surface area (Å²) in [5.41, 5.74) is 1.35. The third-order valence-corrected chi connectivity index (χ3v) is 4.06. The molecule has 8 heteroatoms. The van der Waals surface area contributed by atoms with Crippen LogP contribution in [0.15, 0.2) is 33.4 Å². The minimum Gasteiger partial charge on any atom is -0.341 e. The standard InChI is InChI=1S/C13H13BrN6S/c1-13(2,3)12-19-7(14)4-8(20-12)21-11-9-10(16-5-15-9)17-6-18-11/h4-6H,1-3H3,(H,15,16,17,18). The number of imidazole rings is 1. The number of aromatic amines is 1. The molecule has 3 aromatic heterocycles. The van der Waals surface area contributed by atoms with Crippen molar-refractivity contribution in [3.05, 3.63) is 29.1 Å². The molecule has 0 fully saturated rings. The molecule has 1 N–H and O–H groups in total. The predicted octanol–water partition coefficient (Wildman–Crippen LogP) is 3.35. The van der Waals surface area contributed by atoms with E-state index in [1.54, 1.807) is 6.33 Å². The summed E-state index contributed by atoms with van der Waals surface area (Å²) in [6, 6.07) is 1.88. The van der Waals surface area contributed by atoms with Crippen LogP contribution in [0.5, 0.6) is 0 Å². The van der Waals surface area contributed by atoms with Gasteiger partial charge in [-0.2, -0.15) is 0 Å². The first kappa shape index (κ1) is 14.4. The molecule has 0 spiro atoms. The summed E-state index contributed by atoms with van der Waals surface area (Å²) in [4.78, 5) is 24.7. The molecule has 0 amide bonds. The van der Waals surface area contributed by atoms with Gasteiger partial charge in [-0.1, -0.05) is 20.8 Å². The first-order chi connectivity index (χ1) is 9.93. The maximum absolute atomic E-state index is 4.62. The molecule has 108 valence electrons. The molecule has 6 nitrogen and oxygen atoms in total. The molecular weight excluding hydrogens is 352 g/mol. The predicted molar refractivity (Wildman–Crippen MR) is 84.2 cm³/mol. The zero-order valence-electron chi connectivity index (χ0n) is 11.8. The van der Waals surface area contributed by atoms with E-state index in [9.17, 15) is 0 Å². The molecule has 0 bridgehead atoms. The Labute approximate surface area is 134 Å². The summed E-state index contributed by atoms with van der Waals surface area (Å²) in [5.74, 6) is 0.786. The van der Waals surface area contributed by atoms with Crippen LogP contribution < -0.4 is 0 Å². The van der Waals surface area contributed by atoms with Crippen LogP contribution in [0.4, 0.5) is 0 Å². The van der Waals surface area contributed by atoms with E-state index in [4.69, 9.17) is 0 Å². The van der Waals surface area contributed by atoms with Crippen molar-refractivity contribution in [2.45, 2.75) is 36.2 Å². The lowest BCUT2D eigenvalue weighted by molar-refractivity contribution is 0.536. The summed E-state index contributed by atoms with van der Waals surface area (Å²) in [5, 5.41) is 1.62. The number of rotatable bonds is 2. The largest absolute Gasteiger partial charge is 0.341 e. The second-order valence-corrected chi connectivity index (χ2v) is 7.31. The van der Waals surface area contributed by atoms with Crippen LogP contribution in [-0.2, 0) is 5.41 Å². The first-order valence-corrected chi connectivity index (χ1v) is 7.91. The van der Waals surface area contributed by atoms with Crippen LogP contribution in [0.2, 0.25) is 0 Å². The van der Waals surface area contributed by atoms with Crippen LogP contribution in [0, 0.1) is 0 Å². The number of nitrogens with zero attached hydrogens (tertiary/aromatic N) is 5. The van der Waals surface area contributed by atoms with E-state index in [0.29, 0.717) is 5.65 Å². The third kappa shape index (κ3) is 3.06. The fraction of sp³-hybridized carbons (Fsp3) is 0.308. The zero-order valence-corrected chi connectivity index (χ0v) is 14.2. The Bertz CT molecular complexity index is 795. The normalized spacial score (nSPS) is 12.0. The number of nitrogens with one attached hydrogen (secondary N) is 1. The minimum atomic E-state index is -0.117. The maximum atomic E-state index is 4.62. The van der Waals surface area contributed by atoms with Gasteiger partial charge in [0.25, 0.3) is 0 Å². The van der Waals surface area contributed by atoms with Gasteiger partial charge in [0.1, 0.15) is 32.3 Å². The van der Waals surface area contributed by atoms with Gasteiger partial charge in [0.2, 0.25) is 0 Å².